The van der Waals surface area contributed by atoms with Crippen LogP contribution in [0.3, 0.4) is 0 Å². The number of benzene rings is 3. The molecule has 0 heterocycles. The molecule has 6 heteroatoms. The highest BCUT2D eigenvalue weighted by Gasteiger charge is 2.25. The van der Waals surface area contributed by atoms with Gasteiger partial charge in [0.25, 0.3) is 0 Å². The van der Waals surface area contributed by atoms with E-state index in [1.54, 1.807) is 18.2 Å². The van der Waals surface area contributed by atoms with E-state index in [0.29, 0.717) is 10.8 Å². The molecule has 3 aromatic rings. The Morgan fingerprint density at radius 3 is 2.16 bits per heavy atom. The molecule has 1 N–H and O–H groups in total. The zero-order chi connectivity index (χ0) is 23.3. The minimum absolute atomic E-state index is 0.100. The molecule has 0 aromatic heterocycles. The van der Waals surface area contributed by atoms with E-state index in [2.05, 4.69) is 11.4 Å². The van der Waals surface area contributed by atoms with Crippen LogP contribution in [0.2, 0.25) is 0 Å². The molecule has 0 aliphatic rings. The molecule has 32 heavy (non-hydrogen) atoms. The average molecular weight is 463 g/mol. The summed E-state index contributed by atoms with van der Waals surface area (Å²) in [6, 6.07) is 22.1. The topological polar surface area (TPSA) is 70.0 Å². The lowest BCUT2D eigenvalue weighted by Crippen LogP contribution is -2.10. The number of nitrogens with one attached hydrogen (secondary N) is 1. The first kappa shape index (κ1) is 23.6. The number of nitriles is 1. The highest BCUT2D eigenvalue weighted by Crippen LogP contribution is 2.32. The fraction of sp³-hybridized carbons (Fsp3) is 0.192. The molecular weight excluding hydrogens is 436 g/mol. The van der Waals surface area contributed by atoms with Gasteiger partial charge < -0.3 is 5.32 Å². The van der Waals surface area contributed by atoms with Crippen molar-refractivity contribution in [3.8, 4) is 6.07 Å². The average Bonchev–Trinajstić information content (AvgIpc) is 2.73. The van der Waals surface area contributed by atoms with E-state index in [-0.39, 0.29) is 9.80 Å². The van der Waals surface area contributed by atoms with Gasteiger partial charge >= 0.3 is 0 Å². The zero-order valence-corrected chi connectivity index (χ0v) is 20.3. The molecule has 0 unspecified atom stereocenters. The van der Waals surface area contributed by atoms with E-state index in [1.165, 1.54) is 29.5 Å². The van der Waals surface area contributed by atoms with Crippen molar-refractivity contribution in [2.24, 2.45) is 0 Å². The highest BCUT2D eigenvalue weighted by atomic mass is 32.2. The summed E-state index contributed by atoms with van der Waals surface area (Å²) < 4.78 is 26.6. The minimum Gasteiger partial charge on any atom is -0.349 e. The molecule has 0 saturated heterocycles. The van der Waals surface area contributed by atoms with Crippen LogP contribution in [-0.4, -0.2) is 8.42 Å². The molecule has 3 rings (SSSR count). The fourth-order valence-electron chi connectivity index (χ4n) is 3.44. The number of allylic oxidation sites excluding steroid dienone is 1. The van der Waals surface area contributed by atoms with E-state index in [1.807, 2.05) is 64.1 Å². The molecule has 0 bridgehead atoms. The van der Waals surface area contributed by atoms with Gasteiger partial charge in [-0.05, 0) is 74.2 Å². The molecule has 0 fully saturated rings. The second-order valence-corrected chi connectivity index (χ2v) is 10.7. The lowest BCUT2D eigenvalue weighted by Gasteiger charge is -2.16. The first-order chi connectivity index (χ1) is 15.2. The van der Waals surface area contributed by atoms with E-state index < -0.39 is 9.84 Å². The Labute approximate surface area is 194 Å². The van der Waals surface area contributed by atoms with Gasteiger partial charge in [-0.3, -0.25) is 0 Å². The van der Waals surface area contributed by atoms with Crippen LogP contribution in [0.1, 0.15) is 27.8 Å². The minimum atomic E-state index is -3.98. The van der Waals surface area contributed by atoms with Gasteiger partial charge in [0.1, 0.15) is 11.1 Å². The molecule has 0 aliphatic heterocycles. The van der Waals surface area contributed by atoms with Crippen LogP contribution < -0.4 is 5.32 Å². The first-order valence-electron chi connectivity index (χ1n) is 10.2. The summed E-state index contributed by atoms with van der Waals surface area (Å²) in [6.07, 6.45) is 0. The number of aryl methyl sites for hydroxylation is 4. The van der Waals surface area contributed by atoms with Crippen LogP contribution in [0, 0.1) is 39.0 Å². The summed E-state index contributed by atoms with van der Waals surface area (Å²) in [5.74, 6) is 0.536. The maximum Gasteiger partial charge on any atom is 0.219 e. The third-order valence-electron chi connectivity index (χ3n) is 4.98. The normalized spacial score (nSPS) is 12.1. The largest absolute Gasteiger partial charge is 0.349 e. The van der Waals surface area contributed by atoms with Crippen LogP contribution in [0.4, 0.5) is 5.69 Å². The summed E-state index contributed by atoms with van der Waals surface area (Å²) in [5.41, 5.74) is 6.25. The summed E-state index contributed by atoms with van der Waals surface area (Å²) in [6.45, 7) is 8.04. The van der Waals surface area contributed by atoms with Crippen LogP contribution in [0.5, 0.6) is 0 Å². The number of thioether (sulfide) groups is 1. The molecule has 164 valence electrons. The standard InChI is InChI=1S/C26H26N2O2S2/c1-18-10-11-22(21(4)13-18)17-31-26(28-23-14-19(2)12-20(3)15-23)25(16-27)32(29,30)24-8-6-5-7-9-24/h5-15,28H,17H2,1-4H3/b26-25+. The number of rotatable bonds is 7. The second-order valence-electron chi connectivity index (χ2n) is 7.81. The van der Waals surface area contributed by atoms with E-state index in [9.17, 15) is 13.7 Å². The van der Waals surface area contributed by atoms with Crippen molar-refractivity contribution < 1.29 is 8.42 Å². The summed E-state index contributed by atoms with van der Waals surface area (Å²) in [7, 11) is -3.98. The van der Waals surface area contributed by atoms with Crippen molar-refractivity contribution in [1.82, 2.24) is 0 Å². The van der Waals surface area contributed by atoms with Gasteiger partial charge in [0, 0.05) is 11.4 Å². The van der Waals surface area contributed by atoms with Crippen LogP contribution in [0.15, 0.2) is 81.6 Å². The maximum atomic E-state index is 13.3. The maximum absolute atomic E-state index is 13.3. The van der Waals surface area contributed by atoms with Crippen molar-refractivity contribution in [3.05, 3.63) is 104 Å². The number of nitrogens with zero attached hydrogens (tertiary/aromatic N) is 1. The van der Waals surface area contributed by atoms with E-state index in [4.69, 9.17) is 0 Å². The Hall–Kier alpha value is -3.01. The molecule has 0 saturated carbocycles. The van der Waals surface area contributed by atoms with Crippen LogP contribution in [0.25, 0.3) is 0 Å². The zero-order valence-electron chi connectivity index (χ0n) is 18.6. The molecule has 4 nitrogen and oxygen atoms in total. The van der Waals surface area contributed by atoms with Crippen molar-refractivity contribution in [1.29, 1.82) is 5.26 Å². The number of sulfone groups is 1. The van der Waals surface area contributed by atoms with E-state index in [0.717, 1.165) is 27.9 Å². The molecular formula is C26H26N2O2S2. The van der Waals surface area contributed by atoms with Gasteiger partial charge in [0.05, 0.1) is 4.90 Å². The monoisotopic (exact) mass is 462 g/mol. The molecule has 0 spiro atoms. The SMILES string of the molecule is Cc1cc(C)cc(N/C(SCc2ccc(C)cc2C)=C(/C#N)S(=O)(=O)c2ccccc2)c1. The Balaban J connectivity index is 2.08. The Morgan fingerprint density at radius 2 is 1.56 bits per heavy atom. The first-order valence-corrected chi connectivity index (χ1v) is 12.7. The third kappa shape index (κ3) is 5.61. The predicted molar refractivity (Wildman–Crippen MR) is 133 cm³/mol. The van der Waals surface area contributed by atoms with Gasteiger partial charge in [-0.15, -0.1) is 11.8 Å². The summed E-state index contributed by atoms with van der Waals surface area (Å²) >= 11 is 1.32. The van der Waals surface area contributed by atoms with Gasteiger partial charge in [-0.1, -0.05) is 48.0 Å². The van der Waals surface area contributed by atoms with E-state index >= 15 is 0 Å². The summed E-state index contributed by atoms with van der Waals surface area (Å²) in [5, 5.41) is 13.5. The quantitative estimate of drug-likeness (QED) is 0.410. The van der Waals surface area contributed by atoms with Crippen molar-refractivity contribution in [3.63, 3.8) is 0 Å². The molecule has 3 aromatic carbocycles. The Morgan fingerprint density at radius 1 is 0.906 bits per heavy atom. The van der Waals surface area contributed by atoms with Crippen molar-refractivity contribution >= 4 is 27.3 Å². The molecule has 0 amide bonds. The Bertz CT molecular complexity index is 1290. The smallest absolute Gasteiger partial charge is 0.219 e. The molecule has 0 atom stereocenters. The summed E-state index contributed by atoms with van der Waals surface area (Å²) in [4.78, 5) is -0.180. The number of hydrogen-bond donors (Lipinski definition) is 1. The Kier molecular flexibility index (Phi) is 7.44. The second kappa shape index (κ2) is 10.1. The van der Waals surface area contributed by atoms with Crippen LogP contribution >= 0.6 is 11.8 Å². The third-order valence-corrected chi connectivity index (χ3v) is 7.88. The number of anilines is 1. The van der Waals surface area contributed by atoms with Crippen LogP contribution in [-0.2, 0) is 15.6 Å². The number of hydrogen-bond acceptors (Lipinski definition) is 5. The molecule has 0 radical (unpaired) electrons. The van der Waals surface area contributed by atoms with Crippen molar-refractivity contribution in [2.45, 2.75) is 38.3 Å². The van der Waals surface area contributed by atoms with Gasteiger partial charge in [-0.2, -0.15) is 5.26 Å². The lowest BCUT2D eigenvalue weighted by atomic mass is 10.1. The van der Waals surface area contributed by atoms with Gasteiger partial charge in [0.2, 0.25) is 9.84 Å². The molecule has 0 aliphatic carbocycles. The van der Waals surface area contributed by atoms with Crippen molar-refractivity contribution in [2.75, 3.05) is 5.32 Å². The van der Waals surface area contributed by atoms with Gasteiger partial charge in [-0.25, -0.2) is 8.42 Å². The lowest BCUT2D eigenvalue weighted by molar-refractivity contribution is 0.603. The predicted octanol–water partition coefficient (Wildman–Crippen LogP) is 6.43. The fourth-order valence-corrected chi connectivity index (χ4v) is 6.11. The van der Waals surface area contributed by atoms with Gasteiger partial charge in [0.15, 0.2) is 4.91 Å². The highest BCUT2D eigenvalue weighted by molar-refractivity contribution is 8.04.